The van der Waals surface area contributed by atoms with Crippen molar-refractivity contribution < 1.29 is 14.3 Å². The van der Waals surface area contributed by atoms with Gasteiger partial charge in [-0.05, 0) is 51.4 Å². The zero-order valence-electron chi connectivity index (χ0n) is 22.9. The molecule has 34 heavy (non-hydrogen) atoms. The summed E-state index contributed by atoms with van der Waals surface area (Å²) in [6, 6.07) is 0. The Morgan fingerprint density at radius 1 is 0.618 bits per heavy atom. The van der Waals surface area contributed by atoms with E-state index < -0.39 is 0 Å². The van der Waals surface area contributed by atoms with Crippen molar-refractivity contribution >= 4 is 11.9 Å². The first kappa shape index (κ1) is 32.7. The van der Waals surface area contributed by atoms with E-state index >= 15 is 0 Å². The molecule has 0 aromatic carbocycles. The van der Waals surface area contributed by atoms with Crippen molar-refractivity contribution in [2.45, 2.75) is 155 Å². The number of rotatable bonds is 26. The zero-order chi connectivity index (χ0) is 25.0. The van der Waals surface area contributed by atoms with Crippen LogP contribution in [0.2, 0.25) is 0 Å². The molecule has 0 fully saturated rings. The van der Waals surface area contributed by atoms with Crippen molar-refractivity contribution in [1.82, 2.24) is 5.32 Å². The van der Waals surface area contributed by atoms with Gasteiger partial charge in [0.15, 0.2) is 0 Å². The summed E-state index contributed by atoms with van der Waals surface area (Å²) in [5, 5.41) is 3.02. The van der Waals surface area contributed by atoms with Crippen LogP contribution in [0.5, 0.6) is 0 Å². The fraction of sp³-hybridized carbons (Fsp3) is 0.867. The van der Waals surface area contributed by atoms with Gasteiger partial charge in [0.25, 0.3) is 0 Å². The van der Waals surface area contributed by atoms with E-state index in [9.17, 15) is 9.59 Å². The molecule has 0 bridgehead atoms. The second kappa shape index (κ2) is 27.9. The van der Waals surface area contributed by atoms with Crippen LogP contribution in [-0.4, -0.2) is 25.0 Å². The molecule has 0 aliphatic heterocycles. The van der Waals surface area contributed by atoms with Crippen LogP contribution in [0.1, 0.15) is 155 Å². The van der Waals surface area contributed by atoms with E-state index in [1.54, 1.807) is 0 Å². The first-order valence-corrected chi connectivity index (χ1v) is 14.7. The average Bonchev–Trinajstić information content (AvgIpc) is 2.82. The van der Waals surface area contributed by atoms with Crippen LogP contribution in [0.4, 0.5) is 0 Å². The lowest BCUT2D eigenvalue weighted by Gasteiger charge is -2.06. The molecular formula is C30H57NO3. The molecular weight excluding hydrogens is 422 g/mol. The Hall–Kier alpha value is -1.32. The van der Waals surface area contributed by atoms with E-state index in [-0.39, 0.29) is 11.9 Å². The van der Waals surface area contributed by atoms with Crippen LogP contribution in [0.15, 0.2) is 12.2 Å². The van der Waals surface area contributed by atoms with E-state index in [4.69, 9.17) is 4.74 Å². The van der Waals surface area contributed by atoms with Gasteiger partial charge in [-0.1, -0.05) is 103 Å². The summed E-state index contributed by atoms with van der Waals surface area (Å²) in [4.78, 5) is 22.4. The molecule has 0 heterocycles. The average molecular weight is 480 g/mol. The highest BCUT2D eigenvalue weighted by Crippen LogP contribution is 2.12. The predicted molar refractivity (Wildman–Crippen MR) is 146 cm³/mol. The second-order valence-electron chi connectivity index (χ2n) is 9.85. The summed E-state index contributed by atoms with van der Waals surface area (Å²) in [6.07, 6.45) is 32.1. The highest BCUT2D eigenvalue weighted by molar-refractivity contribution is 5.75. The topological polar surface area (TPSA) is 55.4 Å². The summed E-state index contributed by atoms with van der Waals surface area (Å²) >= 11 is 0. The van der Waals surface area contributed by atoms with Crippen LogP contribution in [-0.2, 0) is 14.3 Å². The minimum absolute atomic E-state index is 0.154. The van der Waals surface area contributed by atoms with E-state index in [1.165, 1.54) is 116 Å². The van der Waals surface area contributed by atoms with Gasteiger partial charge in [0.2, 0.25) is 5.91 Å². The van der Waals surface area contributed by atoms with Crippen molar-refractivity contribution in [3.05, 3.63) is 12.2 Å². The smallest absolute Gasteiger partial charge is 0.302 e. The fourth-order valence-electron chi connectivity index (χ4n) is 4.18. The molecule has 0 spiro atoms. The lowest BCUT2D eigenvalue weighted by atomic mass is 10.1. The number of hydrogen-bond acceptors (Lipinski definition) is 3. The molecule has 200 valence electrons. The lowest BCUT2D eigenvalue weighted by molar-refractivity contribution is -0.141. The molecule has 0 unspecified atom stereocenters. The van der Waals surface area contributed by atoms with Crippen LogP contribution in [0.3, 0.4) is 0 Å². The predicted octanol–water partition coefficient (Wildman–Crippen LogP) is 8.82. The maximum Gasteiger partial charge on any atom is 0.302 e. The summed E-state index contributed by atoms with van der Waals surface area (Å²) < 4.78 is 4.88. The van der Waals surface area contributed by atoms with Crippen molar-refractivity contribution in [2.75, 3.05) is 13.2 Å². The zero-order valence-corrected chi connectivity index (χ0v) is 22.9. The molecule has 0 atom stereocenters. The molecule has 0 radical (unpaired) electrons. The molecule has 0 rings (SSSR count). The molecule has 0 aromatic heterocycles. The molecule has 4 nitrogen and oxygen atoms in total. The number of carbonyl (C=O) groups is 2. The fourth-order valence-corrected chi connectivity index (χ4v) is 4.18. The molecule has 4 heteroatoms. The molecule has 1 N–H and O–H groups in total. The second-order valence-corrected chi connectivity index (χ2v) is 9.85. The largest absolute Gasteiger partial charge is 0.466 e. The Balaban J connectivity index is 3.17. The summed E-state index contributed by atoms with van der Waals surface area (Å²) in [7, 11) is 0. The minimum atomic E-state index is -0.231. The SMILES string of the molecule is CCCCCCCC/C=C\CCCCCCCCCCCCNC(=O)CCCCCOC(C)=O. The third kappa shape index (κ3) is 28.7. The third-order valence-electron chi connectivity index (χ3n) is 6.36. The number of esters is 1. The normalized spacial score (nSPS) is 11.2. The maximum absolute atomic E-state index is 11.8. The number of hydrogen-bond donors (Lipinski definition) is 1. The molecule has 0 saturated carbocycles. The Labute approximate surface area is 212 Å². The van der Waals surface area contributed by atoms with Crippen LogP contribution in [0.25, 0.3) is 0 Å². The van der Waals surface area contributed by atoms with Crippen molar-refractivity contribution in [3.63, 3.8) is 0 Å². The van der Waals surface area contributed by atoms with Gasteiger partial charge in [-0.2, -0.15) is 0 Å². The summed E-state index contributed by atoms with van der Waals surface area (Å²) in [5.74, 6) is -0.0776. The van der Waals surface area contributed by atoms with Gasteiger partial charge in [-0.25, -0.2) is 0 Å². The highest BCUT2D eigenvalue weighted by atomic mass is 16.5. The van der Waals surface area contributed by atoms with E-state index in [2.05, 4.69) is 24.4 Å². The van der Waals surface area contributed by atoms with Crippen molar-refractivity contribution in [1.29, 1.82) is 0 Å². The monoisotopic (exact) mass is 479 g/mol. The van der Waals surface area contributed by atoms with E-state index in [0.717, 1.165) is 32.2 Å². The highest BCUT2D eigenvalue weighted by Gasteiger charge is 2.01. The molecule has 0 aliphatic rings. The van der Waals surface area contributed by atoms with Gasteiger partial charge in [-0.3, -0.25) is 9.59 Å². The van der Waals surface area contributed by atoms with Gasteiger partial charge in [-0.15, -0.1) is 0 Å². The van der Waals surface area contributed by atoms with Crippen LogP contribution in [0, 0.1) is 0 Å². The minimum Gasteiger partial charge on any atom is -0.466 e. The number of amides is 1. The van der Waals surface area contributed by atoms with Gasteiger partial charge in [0.05, 0.1) is 6.61 Å². The van der Waals surface area contributed by atoms with Crippen LogP contribution < -0.4 is 5.32 Å². The molecule has 1 amide bonds. The Bertz CT molecular complexity index is 476. The summed E-state index contributed by atoms with van der Waals surface area (Å²) in [5.41, 5.74) is 0. The first-order chi connectivity index (χ1) is 16.7. The number of carbonyl (C=O) groups excluding carboxylic acids is 2. The number of nitrogens with one attached hydrogen (secondary N) is 1. The Kier molecular flexibility index (Phi) is 26.8. The van der Waals surface area contributed by atoms with Gasteiger partial charge >= 0.3 is 5.97 Å². The molecule has 0 aromatic rings. The Morgan fingerprint density at radius 2 is 1.09 bits per heavy atom. The Morgan fingerprint density at radius 3 is 1.62 bits per heavy atom. The first-order valence-electron chi connectivity index (χ1n) is 14.7. The molecule has 0 saturated heterocycles. The van der Waals surface area contributed by atoms with Crippen LogP contribution >= 0.6 is 0 Å². The van der Waals surface area contributed by atoms with Gasteiger partial charge in [0, 0.05) is 19.9 Å². The maximum atomic E-state index is 11.8. The van der Waals surface area contributed by atoms with E-state index in [0.29, 0.717) is 13.0 Å². The summed E-state index contributed by atoms with van der Waals surface area (Å²) in [6.45, 7) is 4.97. The lowest BCUT2D eigenvalue weighted by Crippen LogP contribution is -2.23. The van der Waals surface area contributed by atoms with Crippen molar-refractivity contribution in [3.8, 4) is 0 Å². The van der Waals surface area contributed by atoms with Gasteiger partial charge in [0.1, 0.15) is 0 Å². The number of allylic oxidation sites excluding steroid dienone is 2. The van der Waals surface area contributed by atoms with Crippen molar-refractivity contribution in [2.24, 2.45) is 0 Å². The number of ether oxygens (including phenoxy) is 1. The van der Waals surface area contributed by atoms with Gasteiger partial charge < -0.3 is 10.1 Å². The standard InChI is InChI=1S/C30H57NO3/c1-3-4-5-6-7-8-9-10-11-12-13-14-15-16-17-18-19-20-21-24-27-31-30(33)26-23-22-25-28-34-29(2)32/h10-11H,3-9,12-28H2,1-2H3,(H,31,33)/b11-10-. The number of unbranched alkanes of at least 4 members (excludes halogenated alkanes) is 18. The quantitative estimate of drug-likeness (QED) is 0.0765. The molecule has 0 aliphatic carbocycles. The van der Waals surface area contributed by atoms with E-state index in [1.807, 2.05) is 0 Å². The third-order valence-corrected chi connectivity index (χ3v) is 6.36.